The normalized spacial score (nSPS) is 12.4. The number of rotatable bonds is 5. The third kappa shape index (κ3) is 3.45. The molecule has 1 atom stereocenters. The molecule has 0 fully saturated rings. The van der Waals surface area contributed by atoms with Crippen LogP contribution in [0.25, 0.3) is 0 Å². The monoisotopic (exact) mass is 271 g/mol. The van der Waals surface area contributed by atoms with Crippen LogP contribution in [-0.2, 0) is 6.42 Å². The fraction of sp³-hybridized carbons (Fsp3) is 0.333. The molecule has 0 aliphatic heterocycles. The van der Waals surface area contributed by atoms with Gasteiger partial charge in [-0.15, -0.1) is 0 Å². The van der Waals surface area contributed by atoms with Gasteiger partial charge in [0.25, 0.3) is 0 Å². The maximum absolute atomic E-state index is 13.2. The molecule has 0 amide bonds. The second-order valence-corrected chi connectivity index (χ2v) is 5.39. The summed E-state index contributed by atoms with van der Waals surface area (Å²) in [6.07, 6.45) is 0.928. The van der Waals surface area contributed by atoms with Crippen LogP contribution in [0, 0.1) is 19.7 Å². The van der Waals surface area contributed by atoms with Crippen molar-refractivity contribution in [1.29, 1.82) is 0 Å². The van der Waals surface area contributed by atoms with Gasteiger partial charge in [-0.1, -0.05) is 30.3 Å². The first-order valence-electron chi connectivity index (χ1n) is 7.07. The van der Waals surface area contributed by atoms with Crippen LogP contribution in [0.2, 0.25) is 0 Å². The summed E-state index contributed by atoms with van der Waals surface area (Å²) in [5.74, 6) is 0.248. The lowest BCUT2D eigenvalue weighted by molar-refractivity contribution is 0.611. The molecule has 0 saturated heterocycles. The summed E-state index contributed by atoms with van der Waals surface area (Å²) in [5.41, 5.74) is 4.92. The van der Waals surface area contributed by atoms with Crippen LogP contribution >= 0.6 is 0 Å². The molecule has 2 heteroatoms. The second-order valence-electron chi connectivity index (χ2n) is 5.39. The Morgan fingerprint density at radius 1 is 1.05 bits per heavy atom. The molecule has 0 aliphatic carbocycles. The van der Waals surface area contributed by atoms with Crippen LogP contribution in [0.1, 0.15) is 28.2 Å². The Balaban J connectivity index is 2.28. The number of hydrogen-bond acceptors (Lipinski definition) is 1. The van der Waals surface area contributed by atoms with Gasteiger partial charge in [-0.05, 0) is 61.7 Å². The van der Waals surface area contributed by atoms with Gasteiger partial charge in [0.15, 0.2) is 0 Å². The zero-order valence-corrected chi connectivity index (χ0v) is 12.4. The van der Waals surface area contributed by atoms with E-state index in [1.807, 2.05) is 20.0 Å². The Labute approximate surface area is 120 Å². The molecule has 0 aliphatic rings. The molecule has 0 radical (unpaired) electrons. The van der Waals surface area contributed by atoms with Gasteiger partial charge in [-0.2, -0.15) is 0 Å². The fourth-order valence-electron chi connectivity index (χ4n) is 2.74. The van der Waals surface area contributed by atoms with E-state index in [-0.39, 0.29) is 5.82 Å². The van der Waals surface area contributed by atoms with Gasteiger partial charge in [-0.3, -0.25) is 0 Å². The van der Waals surface area contributed by atoms with Gasteiger partial charge < -0.3 is 5.32 Å². The van der Waals surface area contributed by atoms with Gasteiger partial charge in [0.1, 0.15) is 5.82 Å². The Kier molecular flexibility index (Phi) is 4.91. The van der Waals surface area contributed by atoms with Crippen molar-refractivity contribution < 1.29 is 4.39 Å². The predicted molar refractivity (Wildman–Crippen MR) is 82.7 cm³/mol. The number of benzene rings is 2. The van der Waals surface area contributed by atoms with Crippen LogP contribution < -0.4 is 5.32 Å². The van der Waals surface area contributed by atoms with E-state index in [1.165, 1.54) is 16.7 Å². The van der Waals surface area contributed by atoms with Gasteiger partial charge >= 0.3 is 0 Å². The highest BCUT2D eigenvalue weighted by Crippen LogP contribution is 2.25. The third-order valence-corrected chi connectivity index (χ3v) is 3.85. The summed E-state index contributed by atoms with van der Waals surface area (Å²) in [4.78, 5) is 0. The van der Waals surface area contributed by atoms with Crippen molar-refractivity contribution in [2.75, 3.05) is 13.6 Å². The molecule has 1 unspecified atom stereocenters. The van der Waals surface area contributed by atoms with Crippen molar-refractivity contribution in [3.05, 3.63) is 70.5 Å². The minimum absolute atomic E-state index is 0.160. The summed E-state index contributed by atoms with van der Waals surface area (Å²) in [5, 5.41) is 3.27. The summed E-state index contributed by atoms with van der Waals surface area (Å²) >= 11 is 0. The van der Waals surface area contributed by atoms with Crippen LogP contribution in [0.4, 0.5) is 4.39 Å². The van der Waals surface area contributed by atoms with Crippen LogP contribution in [-0.4, -0.2) is 13.6 Å². The van der Waals surface area contributed by atoms with Gasteiger partial charge in [0.05, 0.1) is 0 Å². The average molecular weight is 271 g/mol. The Morgan fingerprint density at radius 2 is 1.80 bits per heavy atom. The predicted octanol–water partition coefficient (Wildman–Crippen LogP) is 3.99. The van der Waals surface area contributed by atoms with E-state index in [9.17, 15) is 4.39 Å². The van der Waals surface area contributed by atoms with E-state index in [4.69, 9.17) is 0 Å². The molecule has 0 bridgehead atoms. The molecule has 2 aromatic rings. The quantitative estimate of drug-likeness (QED) is 0.867. The summed E-state index contributed by atoms with van der Waals surface area (Å²) in [6.45, 7) is 5.05. The molecule has 0 heterocycles. The summed E-state index contributed by atoms with van der Waals surface area (Å²) in [6, 6.07) is 13.6. The molecule has 0 aromatic heterocycles. The first kappa shape index (κ1) is 14.7. The molecular weight excluding hydrogens is 249 g/mol. The van der Waals surface area contributed by atoms with Crippen molar-refractivity contribution in [2.45, 2.75) is 26.2 Å². The zero-order chi connectivity index (χ0) is 14.5. The lowest BCUT2D eigenvalue weighted by atomic mass is 9.88. The van der Waals surface area contributed by atoms with E-state index < -0.39 is 0 Å². The van der Waals surface area contributed by atoms with Gasteiger partial charge in [0, 0.05) is 12.5 Å². The first-order chi connectivity index (χ1) is 9.61. The maximum Gasteiger partial charge on any atom is 0.123 e. The van der Waals surface area contributed by atoms with Crippen LogP contribution in [0.3, 0.4) is 0 Å². The lowest BCUT2D eigenvalue weighted by Crippen LogP contribution is -2.20. The minimum Gasteiger partial charge on any atom is -0.319 e. The Bertz CT molecular complexity index is 577. The van der Waals surface area contributed by atoms with Gasteiger partial charge in [-0.25, -0.2) is 4.39 Å². The highest BCUT2D eigenvalue weighted by Gasteiger charge is 2.15. The molecule has 20 heavy (non-hydrogen) atoms. The molecule has 0 spiro atoms. The molecule has 0 saturated carbocycles. The molecule has 2 aromatic carbocycles. The van der Waals surface area contributed by atoms with E-state index >= 15 is 0 Å². The van der Waals surface area contributed by atoms with Crippen molar-refractivity contribution in [3.63, 3.8) is 0 Å². The van der Waals surface area contributed by atoms with E-state index in [2.05, 4.69) is 36.5 Å². The smallest absolute Gasteiger partial charge is 0.123 e. The molecule has 106 valence electrons. The van der Waals surface area contributed by atoms with Gasteiger partial charge in [0.2, 0.25) is 0 Å². The fourth-order valence-corrected chi connectivity index (χ4v) is 2.74. The van der Waals surface area contributed by atoms with E-state index in [0.29, 0.717) is 5.92 Å². The average Bonchev–Trinajstić information content (AvgIpc) is 2.42. The number of hydrogen-bond donors (Lipinski definition) is 1. The minimum atomic E-state index is -0.160. The van der Waals surface area contributed by atoms with E-state index in [1.54, 1.807) is 12.1 Å². The second kappa shape index (κ2) is 6.67. The molecule has 1 nitrogen and oxygen atoms in total. The summed E-state index contributed by atoms with van der Waals surface area (Å²) in [7, 11) is 1.97. The lowest BCUT2D eigenvalue weighted by Gasteiger charge is -2.20. The van der Waals surface area contributed by atoms with Crippen molar-refractivity contribution >= 4 is 0 Å². The van der Waals surface area contributed by atoms with Crippen molar-refractivity contribution in [3.8, 4) is 0 Å². The molecule has 2 rings (SSSR count). The zero-order valence-electron chi connectivity index (χ0n) is 12.4. The highest BCUT2D eigenvalue weighted by atomic mass is 19.1. The van der Waals surface area contributed by atoms with Crippen LogP contribution in [0.5, 0.6) is 0 Å². The Hall–Kier alpha value is -1.67. The van der Waals surface area contributed by atoms with Crippen LogP contribution in [0.15, 0.2) is 42.5 Å². The van der Waals surface area contributed by atoms with E-state index in [0.717, 1.165) is 18.5 Å². The molecule has 1 N–H and O–H groups in total. The maximum atomic E-state index is 13.2. The number of likely N-dealkylation sites (N-methyl/N-ethyl adjacent to an activating group) is 1. The van der Waals surface area contributed by atoms with Crippen molar-refractivity contribution in [2.24, 2.45) is 0 Å². The number of nitrogens with one attached hydrogen (secondary N) is 1. The third-order valence-electron chi connectivity index (χ3n) is 3.85. The topological polar surface area (TPSA) is 12.0 Å². The SMILES string of the molecule is CNCC(Cc1ccc(F)cc1C)c1ccccc1C. The highest BCUT2D eigenvalue weighted by molar-refractivity contribution is 5.34. The summed E-state index contributed by atoms with van der Waals surface area (Å²) < 4.78 is 13.2. The molecular formula is C18H22FN. The largest absolute Gasteiger partial charge is 0.319 e. The Morgan fingerprint density at radius 3 is 2.45 bits per heavy atom. The first-order valence-corrected chi connectivity index (χ1v) is 7.07. The standard InChI is InChI=1S/C18H22FN/c1-13-6-4-5-7-18(13)16(12-20-3)11-15-8-9-17(19)10-14(15)2/h4-10,16,20H,11-12H2,1-3H3. The number of halogens is 1. The van der Waals surface area contributed by atoms with Crippen molar-refractivity contribution in [1.82, 2.24) is 5.32 Å². The number of aryl methyl sites for hydroxylation is 2.